The predicted octanol–water partition coefficient (Wildman–Crippen LogP) is 1.05. The third-order valence-electron chi connectivity index (χ3n) is 3.96. The van der Waals surface area contributed by atoms with E-state index in [1.165, 1.54) is 21.8 Å². The first-order chi connectivity index (χ1) is 10.9. The van der Waals surface area contributed by atoms with Gasteiger partial charge in [0.05, 0.1) is 18.3 Å². The lowest BCUT2D eigenvalue weighted by Crippen LogP contribution is -2.28. The molecule has 1 saturated heterocycles. The van der Waals surface area contributed by atoms with Crippen LogP contribution >= 0.6 is 11.3 Å². The smallest absolute Gasteiger partial charge is 0.303 e. The summed E-state index contributed by atoms with van der Waals surface area (Å²) in [5.74, 6) is -1.55. The largest absolute Gasteiger partial charge is 0.481 e. The highest BCUT2D eigenvalue weighted by atomic mass is 32.2. The lowest BCUT2D eigenvalue weighted by atomic mass is 9.91. The van der Waals surface area contributed by atoms with E-state index in [2.05, 4.69) is 15.4 Å². The molecule has 0 aromatic carbocycles. The molecular formula is C13H16N4O4S2. The third-order valence-corrected chi connectivity index (χ3v) is 7.32. The number of aromatic nitrogens is 3. The van der Waals surface area contributed by atoms with Gasteiger partial charge in [0, 0.05) is 19.0 Å². The number of hydrogen-bond donors (Lipinski definition) is 2. The van der Waals surface area contributed by atoms with Gasteiger partial charge < -0.3 is 5.11 Å². The molecule has 3 heterocycles. The first-order valence-electron chi connectivity index (χ1n) is 7.00. The van der Waals surface area contributed by atoms with E-state index >= 15 is 0 Å². The molecule has 0 radical (unpaired) electrons. The van der Waals surface area contributed by atoms with Crippen molar-refractivity contribution in [3.63, 3.8) is 0 Å². The first-order valence-corrected chi connectivity index (χ1v) is 9.32. The van der Waals surface area contributed by atoms with E-state index in [-0.39, 0.29) is 35.6 Å². The summed E-state index contributed by atoms with van der Waals surface area (Å²) < 4.78 is 27.1. The Kier molecular flexibility index (Phi) is 4.21. The Morgan fingerprint density at radius 2 is 2.30 bits per heavy atom. The minimum Gasteiger partial charge on any atom is -0.481 e. The maximum Gasteiger partial charge on any atom is 0.303 e. The molecule has 0 saturated carbocycles. The molecule has 0 spiro atoms. The van der Waals surface area contributed by atoms with Crippen molar-refractivity contribution >= 4 is 27.3 Å². The van der Waals surface area contributed by atoms with Crippen LogP contribution < -0.4 is 0 Å². The van der Waals surface area contributed by atoms with Gasteiger partial charge in [-0.15, -0.1) is 11.3 Å². The molecule has 10 heteroatoms. The van der Waals surface area contributed by atoms with E-state index in [4.69, 9.17) is 5.11 Å². The number of nitrogens with zero attached hydrogens (tertiary/aromatic N) is 3. The summed E-state index contributed by atoms with van der Waals surface area (Å²) in [6.07, 6.45) is 1.41. The molecule has 8 nitrogen and oxygen atoms in total. The normalized spacial score (nSPS) is 22.5. The van der Waals surface area contributed by atoms with E-state index in [9.17, 15) is 13.2 Å². The number of carboxylic acid groups (broad SMARTS) is 1. The molecule has 124 valence electrons. The Labute approximate surface area is 137 Å². The van der Waals surface area contributed by atoms with Crippen molar-refractivity contribution in [1.82, 2.24) is 19.7 Å². The van der Waals surface area contributed by atoms with Crippen LogP contribution in [-0.2, 0) is 14.8 Å². The molecule has 1 aliphatic heterocycles. The van der Waals surface area contributed by atoms with Gasteiger partial charge in [0.1, 0.15) is 4.21 Å². The van der Waals surface area contributed by atoms with Crippen LogP contribution in [0.2, 0.25) is 0 Å². The summed E-state index contributed by atoms with van der Waals surface area (Å²) in [5.41, 5.74) is 1.49. The number of thiophene rings is 1. The van der Waals surface area contributed by atoms with Crippen LogP contribution in [0.5, 0.6) is 0 Å². The fourth-order valence-electron chi connectivity index (χ4n) is 2.85. The second-order valence-electron chi connectivity index (χ2n) is 5.62. The highest BCUT2D eigenvalue weighted by Crippen LogP contribution is 2.37. The summed E-state index contributed by atoms with van der Waals surface area (Å²) in [7, 11) is -3.61. The molecule has 1 aliphatic rings. The van der Waals surface area contributed by atoms with Crippen LogP contribution in [0, 0.1) is 12.8 Å². The minimum absolute atomic E-state index is 0.104. The molecule has 0 bridgehead atoms. The van der Waals surface area contributed by atoms with Crippen molar-refractivity contribution in [1.29, 1.82) is 0 Å². The first kappa shape index (κ1) is 16.1. The Bertz CT molecular complexity index is 800. The van der Waals surface area contributed by atoms with Gasteiger partial charge in [0.15, 0.2) is 0 Å². The zero-order valence-electron chi connectivity index (χ0n) is 12.3. The topological polar surface area (TPSA) is 116 Å². The van der Waals surface area contributed by atoms with Crippen LogP contribution in [0.25, 0.3) is 0 Å². The number of H-pyrrole nitrogens is 1. The molecule has 0 aliphatic carbocycles. The summed E-state index contributed by atoms with van der Waals surface area (Å²) >= 11 is 1.18. The summed E-state index contributed by atoms with van der Waals surface area (Å²) in [6.45, 7) is 2.22. The number of sulfonamides is 1. The predicted molar refractivity (Wildman–Crippen MR) is 82.7 cm³/mol. The highest BCUT2D eigenvalue weighted by molar-refractivity contribution is 7.91. The van der Waals surface area contributed by atoms with Crippen molar-refractivity contribution in [2.24, 2.45) is 5.92 Å². The summed E-state index contributed by atoms with van der Waals surface area (Å²) in [6, 6.07) is 1.63. The molecule has 0 amide bonds. The Morgan fingerprint density at radius 3 is 2.87 bits per heavy atom. The Morgan fingerprint density at radius 1 is 1.52 bits per heavy atom. The van der Waals surface area contributed by atoms with Gasteiger partial charge in [-0.3, -0.25) is 4.79 Å². The van der Waals surface area contributed by atoms with Crippen molar-refractivity contribution in [2.45, 2.75) is 23.5 Å². The molecular weight excluding hydrogens is 340 g/mol. The number of hydrogen-bond acceptors (Lipinski definition) is 6. The highest BCUT2D eigenvalue weighted by Gasteiger charge is 2.42. The van der Waals surface area contributed by atoms with Gasteiger partial charge in [-0.25, -0.2) is 8.42 Å². The van der Waals surface area contributed by atoms with Crippen molar-refractivity contribution in [2.75, 3.05) is 13.1 Å². The van der Waals surface area contributed by atoms with E-state index in [0.717, 1.165) is 5.56 Å². The van der Waals surface area contributed by atoms with Gasteiger partial charge >= 0.3 is 5.97 Å². The van der Waals surface area contributed by atoms with Gasteiger partial charge in [0.25, 0.3) is 10.0 Å². The van der Waals surface area contributed by atoms with E-state index in [1.807, 2.05) is 6.92 Å². The number of carbonyl (C=O) groups is 1. The number of nitrogens with one attached hydrogen (secondary N) is 1. The second-order valence-corrected chi connectivity index (χ2v) is 8.70. The Hall–Kier alpha value is -1.78. The van der Waals surface area contributed by atoms with Gasteiger partial charge in [-0.2, -0.15) is 19.7 Å². The number of carboxylic acids is 1. The monoisotopic (exact) mass is 356 g/mol. The zero-order chi connectivity index (χ0) is 16.6. The van der Waals surface area contributed by atoms with E-state index in [1.54, 1.807) is 11.4 Å². The van der Waals surface area contributed by atoms with E-state index in [0.29, 0.717) is 5.69 Å². The standard InChI is InChI=1S/C13H16N4O4S2/c1-8-2-13(22-7-8)23(20,21)17-5-9(3-12(18)19)10(6-17)11-4-14-16-15-11/h2,4,7,9-10H,3,5-6H2,1H3,(H,18,19)(H,14,15,16)/t9-,10+/m1/s1. The van der Waals surface area contributed by atoms with Crippen molar-refractivity contribution in [3.8, 4) is 0 Å². The average molecular weight is 356 g/mol. The third kappa shape index (κ3) is 3.14. The summed E-state index contributed by atoms with van der Waals surface area (Å²) in [4.78, 5) is 11.1. The minimum atomic E-state index is -3.61. The van der Waals surface area contributed by atoms with Crippen LogP contribution in [0.3, 0.4) is 0 Å². The summed E-state index contributed by atoms with van der Waals surface area (Å²) in [5, 5.41) is 21.1. The van der Waals surface area contributed by atoms with Crippen molar-refractivity contribution < 1.29 is 18.3 Å². The SMILES string of the molecule is Cc1csc(S(=O)(=O)N2C[C@@H](CC(=O)O)[C@@H](c3cn[nH]n3)C2)c1. The molecule has 3 rings (SSSR count). The molecule has 23 heavy (non-hydrogen) atoms. The van der Waals surface area contributed by atoms with Crippen LogP contribution in [-0.4, -0.2) is 52.3 Å². The molecule has 2 aromatic heterocycles. The number of aryl methyl sites for hydroxylation is 1. The fraction of sp³-hybridized carbons (Fsp3) is 0.462. The Balaban J connectivity index is 1.89. The van der Waals surface area contributed by atoms with Crippen LogP contribution in [0.1, 0.15) is 23.6 Å². The van der Waals surface area contributed by atoms with Gasteiger partial charge in [0.2, 0.25) is 0 Å². The molecule has 2 N–H and O–H groups in total. The zero-order valence-corrected chi connectivity index (χ0v) is 14.0. The quantitative estimate of drug-likeness (QED) is 0.827. The lowest BCUT2D eigenvalue weighted by molar-refractivity contribution is -0.138. The van der Waals surface area contributed by atoms with Crippen LogP contribution in [0.4, 0.5) is 0 Å². The molecule has 2 aromatic rings. The second kappa shape index (κ2) is 6.02. The lowest BCUT2D eigenvalue weighted by Gasteiger charge is -2.14. The van der Waals surface area contributed by atoms with Gasteiger partial charge in [-0.05, 0) is 29.9 Å². The number of aromatic amines is 1. The van der Waals surface area contributed by atoms with Crippen LogP contribution in [0.15, 0.2) is 21.9 Å². The maximum absolute atomic E-state index is 12.7. The molecule has 0 unspecified atom stereocenters. The maximum atomic E-state index is 12.7. The van der Waals surface area contributed by atoms with E-state index < -0.39 is 16.0 Å². The number of rotatable bonds is 5. The average Bonchev–Trinajstić information content (AvgIpc) is 3.16. The molecule has 2 atom stereocenters. The van der Waals surface area contributed by atoms with Gasteiger partial charge in [-0.1, -0.05) is 0 Å². The fourth-order valence-corrected chi connectivity index (χ4v) is 5.76. The van der Waals surface area contributed by atoms with Crippen molar-refractivity contribution in [3.05, 3.63) is 28.9 Å². The molecule has 1 fully saturated rings. The number of aliphatic carboxylic acids is 1.